The lowest BCUT2D eigenvalue weighted by Gasteiger charge is -2.07. The molecule has 0 aliphatic rings. The van der Waals surface area contributed by atoms with Crippen molar-refractivity contribution < 1.29 is 0 Å². The molecule has 3 nitrogen and oxygen atoms in total. The van der Waals surface area contributed by atoms with Crippen LogP contribution in [0.4, 0.5) is 5.69 Å². The van der Waals surface area contributed by atoms with Gasteiger partial charge in [0, 0.05) is 24.5 Å². The number of aromatic nitrogens is 1. The number of hydrogen-bond donors (Lipinski definition) is 2. The third kappa shape index (κ3) is 1.51. The van der Waals surface area contributed by atoms with Crippen LogP contribution >= 0.6 is 0 Å². The third-order valence-electron chi connectivity index (χ3n) is 1.35. The van der Waals surface area contributed by atoms with Gasteiger partial charge in [-0.2, -0.15) is 0 Å². The molecule has 0 unspecified atom stereocenters. The normalized spacial score (nSPS) is 10.7. The maximum atomic E-state index is 5.63. The molecule has 1 aromatic heterocycles. The van der Waals surface area contributed by atoms with Gasteiger partial charge in [-0.25, -0.2) is 0 Å². The van der Waals surface area contributed by atoms with Gasteiger partial charge in [0.1, 0.15) is 0 Å². The molecule has 1 heterocycles. The number of nitrogen functional groups attached to an aromatic ring is 1. The second kappa shape index (κ2) is 2.75. The third-order valence-corrected chi connectivity index (χ3v) is 1.35. The monoisotopic (exact) mass is 139 g/mol. The van der Waals surface area contributed by atoms with E-state index in [1.807, 2.05) is 20.3 Å². The molecule has 0 bridgehead atoms. The first-order valence-electron chi connectivity index (χ1n) is 3.26. The quantitative estimate of drug-likeness (QED) is 0.632. The highest BCUT2D eigenvalue weighted by Gasteiger charge is 1.99. The minimum absolute atomic E-state index is 0.841. The zero-order valence-electron chi connectivity index (χ0n) is 6.39. The molecule has 56 valence electrons. The molecule has 0 aromatic carbocycles. The van der Waals surface area contributed by atoms with Crippen molar-refractivity contribution in [3.63, 3.8) is 0 Å². The van der Waals surface area contributed by atoms with E-state index in [1.54, 1.807) is 6.20 Å². The van der Waals surface area contributed by atoms with Gasteiger partial charge in [-0.3, -0.25) is 0 Å². The number of anilines is 1. The van der Waals surface area contributed by atoms with Crippen molar-refractivity contribution in [1.82, 2.24) is 9.88 Å². The lowest BCUT2D eigenvalue weighted by molar-refractivity contribution is 0.403. The summed E-state index contributed by atoms with van der Waals surface area (Å²) in [6.07, 6.45) is 3.73. The maximum absolute atomic E-state index is 5.63. The number of H-pyrrole nitrogens is 1. The van der Waals surface area contributed by atoms with Gasteiger partial charge in [0.15, 0.2) is 0 Å². The minimum atomic E-state index is 0.841. The van der Waals surface area contributed by atoms with Crippen molar-refractivity contribution in [2.75, 3.05) is 19.8 Å². The van der Waals surface area contributed by atoms with Gasteiger partial charge in [0.05, 0.1) is 5.69 Å². The van der Waals surface area contributed by atoms with Crippen molar-refractivity contribution in [1.29, 1.82) is 0 Å². The van der Waals surface area contributed by atoms with Crippen molar-refractivity contribution in [3.05, 3.63) is 18.0 Å². The molecule has 0 saturated carbocycles. The average molecular weight is 139 g/mol. The van der Waals surface area contributed by atoms with Crippen LogP contribution in [0.3, 0.4) is 0 Å². The predicted molar refractivity (Wildman–Crippen MR) is 42.6 cm³/mol. The van der Waals surface area contributed by atoms with E-state index >= 15 is 0 Å². The van der Waals surface area contributed by atoms with Crippen LogP contribution in [0.2, 0.25) is 0 Å². The topological polar surface area (TPSA) is 45.0 Å². The maximum Gasteiger partial charge on any atom is 0.0537 e. The van der Waals surface area contributed by atoms with E-state index in [9.17, 15) is 0 Å². The summed E-state index contributed by atoms with van der Waals surface area (Å²) in [5, 5.41) is 0. The molecule has 0 spiro atoms. The Morgan fingerprint density at radius 1 is 1.50 bits per heavy atom. The van der Waals surface area contributed by atoms with E-state index in [0.29, 0.717) is 0 Å². The van der Waals surface area contributed by atoms with E-state index < -0.39 is 0 Å². The van der Waals surface area contributed by atoms with E-state index in [-0.39, 0.29) is 0 Å². The van der Waals surface area contributed by atoms with Crippen LogP contribution in [-0.4, -0.2) is 24.0 Å². The van der Waals surface area contributed by atoms with Gasteiger partial charge in [0.25, 0.3) is 0 Å². The molecule has 0 aliphatic carbocycles. The summed E-state index contributed by atoms with van der Waals surface area (Å²) in [7, 11) is 4.04. The number of nitrogens with zero attached hydrogens (tertiary/aromatic N) is 1. The van der Waals surface area contributed by atoms with Crippen LogP contribution in [-0.2, 0) is 6.54 Å². The highest BCUT2D eigenvalue weighted by atomic mass is 15.1. The van der Waals surface area contributed by atoms with Crippen LogP contribution in [0.5, 0.6) is 0 Å². The van der Waals surface area contributed by atoms with Crippen molar-refractivity contribution >= 4 is 5.69 Å². The summed E-state index contributed by atoms with van der Waals surface area (Å²) >= 11 is 0. The molecule has 1 aromatic rings. The Kier molecular flexibility index (Phi) is 1.97. The second-order valence-electron chi connectivity index (χ2n) is 2.67. The second-order valence-corrected chi connectivity index (χ2v) is 2.67. The number of hydrogen-bond acceptors (Lipinski definition) is 2. The fourth-order valence-corrected chi connectivity index (χ4v) is 0.886. The van der Waals surface area contributed by atoms with Gasteiger partial charge < -0.3 is 15.6 Å². The molecule has 1 rings (SSSR count). The SMILES string of the molecule is CN(C)Cc1c[nH]cc1N. The van der Waals surface area contributed by atoms with Gasteiger partial charge >= 0.3 is 0 Å². The van der Waals surface area contributed by atoms with Gasteiger partial charge in [-0.1, -0.05) is 0 Å². The number of aromatic amines is 1. The molecule has 0 aliphatic heterocycles. The largest absolute Gasteiger partial charge is 0.397 e. The molecule has 0 radical (unpaired) electrons. The summed E-state index contributed by atoms with van der Waals surface area (Å²) in [4.78, 5) is 5.03. The molecule has 10 heavy (non-hydrogen) atoms. The van der Waals surface area contributed by atoms with E-state index in [4.69, 9.17) is 5.73 Å². The van der Waals surface area contributed by atoms with Crippen LogP contribution in [0.25, 0.3) is 0 Å². The lowest BCUT2D eigenvalue weighted by Crippen LogP contribution is -2.10. The number of rotatable bonds is 2. The summed E-state index contributed by atoms with van der Waals surface area (Å²) in [5.74, 6) is 0. The summed E-state index contributed by atoms with van der Waals surface area (Å²) in [5.41, 5.74) is 7.63. The number of nitrogens with one attached hydrogen (secondary N) is 1. The smallest absolute Gasteiger partial charge is 0.0537 e. The summed E-state index contributed by atoms with van der Waals surface area (Å²) in [6, 6.07) is 0. The highest BCUT2D eigenvalue weighted by molar-refractivity contribution is 5.44. The summed E-state index contributed by atoms with van der Waals surface area (Å²) < 4.78 is 0. The molecular formula is C7H13N3. The standard InChI is InChI=1S/C7H13N3/c1-10(2)5-6-3-9-4-7(6)8/h3-4,9H,5,8H2,1-2H3. The average Bonchev–Trinajstić information content (AvgIpc) is 2.15. The Labute approximate surface area is 60.8 Å². The predicted octanol–water partition coefficient (Wildman–Crippen LogP) is 0.659. The molecule has 0 amide bonds. The van der Waals surface area contributed by atoms with Crippen molar-refractivity contribution in [2.45, 2.75) is 6.54 Å². The minimum Gasteiger partial charge on any atom is -0.397 e. The molecular weight excluding hydrogens is 126 g/mol. The Balaban J connectivity index is 2.65. The van der Waals surface area contributed by atoms with Crippen LogP contribution in [0, 0.1) is 0 Å². The van der Waals surface area contributed by atoms with Crippen molar-refractivity contribution in [3.8, 4) is 0 Å². The Bertz CT molecular complexity index is 202. The molecule has 3 N–H and O–H groups in total. The Morgan fingerprint density at radius 3 is 2.60 bits per heavy atom. The van der Waals surface area contributed by atoms with E-state index in [1.165, 1.54) is 0 Å². The Morgan fingerprint density at radius 2 is 2.20 bits per heavy atom. The fourth-order valence-electron chi connectivity index (χ4n) is 0.886. The van der Waals surface area contributed by atoms with Gasteiger partial charge in [-0.05, 0) is 14.1 Å². The van der Waals surface area contributed by atoms with Gasteiger partial charge in [-0.15, -0.1) is 0 Å². The molecule has 3 heteroatoms. The fraction of sp³-hybridized carbons (Fsp3) is 0.429. The lowest BCUT2D eigenvalue weighted by atomic mass is 10.3. The molecule has 0 atom stereocenters. The highest BCUT2D eigenvalue weighted by Crippen LogP contribution is 2.10. The van der Waals surface area contributed by atoms with Crippen LogP contribution in [0.15, 0.2) is 12.4 Å². The Hall–Kier alpha value is -0.960. The summed E-state index contributed by atoms with van der Waals surface area (Å²) in [6.45, 7) is 0.898. The zero-order chi connectivity index (χ0) is 7.56. The first kappa shape index (κ1) is 7.15. The van der Waals surface area contributed by atoms with E-state index in [2.05, 4.69) is 9.88 Å². The number of nitrogens with two attached hydrogens (primary N) is 1. The van der Waals surface area contributed by atoms with E-state index in [0.717, 1.165) is 17.8 Å². The first-order valence-corrected chi connectivity index (χ1v) is 3.26. The van der Waals surface area contributed by atoms with Gasteiger partial charge in [0.2, 0.25) is 0 Å². The zero-order valence-corrected chi connectivity index (χ0v) is 6.39. The molecule has 0 saturated heterocycles. The van der Waals surface area contributed by atoms with Crippen LogP contribution < -0.4 is 5.73 Å². The molecule has 0 fully saturated rings. The first-order chi connectivity index (χ1) is 4.70. The van der Waals surface area contributed by atoms with Crippen LogP contribution in [0.1, 0.15) is 5.56 Å². The van der Waals surface area contributed by atoms with Crippen molar-refractivity contribution in [2.24, 2.45) is 0 Å².